The van der Waals surface area contributed by atoms with E-state index >= 15 is 0 Å². The number of nitrogens with zero attached hydrogens (tertiary/aromatic N) is 3. The van der Waals surface area contributed by atoms with Gasteiger partial charge in [0.25, 0.3) is 11.8 Å². The van der Waals surface area contributed by atoms with Gasteiger partial charge in [-0.25, -0.2) is 0 Å². The normalized spacial score (nSPS) is 13.2. The van der Waals surface area contributed by atoms with E-state index in [4.69, 9.17) is 10.8 Å². The largest absolute Gasteiger partial charge is 0.395 e. The number of nitrogens with one attached hydrogen (secondary N) is 1. The van der Waals surface area contributed by atoms with Gasteiger partial charge in [-0.3, -0.25) is 19.4 Å². The Labute approximate surface area is 215 Å². The Balaban J connectivity index is 1.67. The number of nitrogens with two attached hydrogens (primary N) is 1. The summed E-state index contributed by atoms with van der Waals surface area (Å²) >= 11 is 0. The van der Waals surface area contributed by atoms with E-state index in [1.165, 1.54) is 23.6 Å². The van der Waals surface area contributed by atoms with Crippen LogP contribution < -0.4 is 16.0 Å². The fourth-order valence-corrected chi connectivity index (χ4v) is 4.39. The molecule has 3 aromatic rings. The number of hydrogen-bond donors (Lipinski definition) is 3. The van der Waals surface area contributed by atoms with E-state index in [9.17, 15) is 14.4 Å². The lowest BCUT2D eigenvalue weighted by Gasteiger charge is -2.29. The van der Waals surface area contributed by atoms with Crippen LogP contribution in [0.15, 0.2) is 60.8 Å². The van der Waals surface area contributed by atoms with E-state index in [1.807, 2.05) is 18.2 Å². The van der Waals surface area contributed by atoms with Crippen LogP contribution in [-0.2, 0) is 0 Å². The van der Waals surface area contributed by atoms with E-state index in [0.29, 0.717) is 33.6 Å². The van der Waals surface area contributed by atoms with Crippen LogP contribution in [0.5, 0.6) is 0 Å². The van der Waals surface area contributed by atoms with Crippen LogP contribution in [0.1, 0.15) is 50.3 Å². The first kappa shape index (κ1) is 25.8. The highest BCUT2D eigenvalue weighted by molar-refractivity contribution is 6.08. The van der Waals surface area contributed by atoms with Gasteiger partial charge < -0.3 is 26.0 Å². The van der Waals surface area contributed by atoms with Gasteiger partial charge >= 0.3 is 0 Å². The molecule has 0 atom stereocenters. The van der Waals surface area contributed by atoms with E-state index in [1.54, 1.807) is 37.4 Å². The molecular formula is C28H31N5O4. The van der Waals surface area contributed by atoms with Gasteiger partial charge in [-0.2, -0.15) is 0 Å². The number of anilines is 2. The summed E-state index contributed by atoms with van der Waals surface area (Å²) in [5.74, 6) is -1.24. The summed E-state index contributed by atoms with van der Waals surface area (Å²) in [6.45, 7) is 1.94. The molecule has 4 N–H and O–H groups in total. The molecule has 9 nitrogen and oxygen atoms in total. The van der Waals surface area contributed by atoms with Gasteiger partial charge in [0.15, 0.2) is 0 Å². The minimum absolute atomic E-state index is 0.149. The number of primary amides is 1. The molecule has 0 bridgehead atoms. The van der Waals surface area contributed by atoms with Gasteiger partial charge in [0.2, 0.25) is 5.91 Å². The van der Waals surface area contributed by atoms with E-state index in [0.717, 1.165) is 31.6 Å². The number of pyridine rings is 1. The number of aliphatic hydroxyl groups is 1. The lowest BCUT2D eigenvalue weighted by molar-refractivity contribution is 0.0766. The van der Waals surface area contributed by atoms with Gasteiger partial charge in [0.05, 0.1) is 18.0 Å². The molecule has 3 amide bonds. The van der Waals surface area contributed by atoms with Gasteiger partial charge in [-0.1, -0.05) is 6.07 Å². The Morgan fingerprint density at radius 2 is 1.76 bits per heavy atom. The predicted octanol–water partition coefficient (Wildman–Crippen LogP) is 3.15. The quantitative estimate of drug-likeness (QED) is 0.435. The van der Waals surface area contributed by atoms with Crippen molar-refractivity contribution in [3.63, 3.8) is 0 Å². The average molecular weight is 502 g/mol. The van der Waals surface area contributed by atoms with E-state index in [2.05, 4.69) is 15.2 Å². The number of aliphatic hydroxyl groups excluding tert-OH is 1. The molecule has 37 heavy (non-hydrogen) atoms. The van der Waals surface area contributed by atoms with Crippen molar-refractivity contribution >= 4 is 29.1 Å². The monoisotopic (exact) mass is 501 g/mol. The second-order valence-corrected chi connectivity index (χ2v) is 9.06. The van der Waals surface area contributed by atoms with Gasteiger partial charge in [0.1, 0.15) is 0 Å². The molecular weight excluding hydrogens is 470 g/mol. The summed E-state index contributed by atoms with van der Waals surface area (Å²) in [4.78, 5) is 45.8. The Hall–Kier alpha value is -4.24. The highest BCUT2D eigenvalue weighted by Gasteiger charge is 2.18. The number of benzene rings is 2. The van der Waals surface area contributed by atoms with Crippen LogP contribution in [-0.4, -0.2) is 66.0 Å². The number of likely N-dealkylation sites (N-methyl/N-ethyl adjacent to an activating group) is 1. The number of hydrogen-bond acceptors (Lipinski definition) is 6. The van der Waals surface area contributed by atoms with Gasteiger partial charge in [0, 0.05) is 60.8 Å². The molecule has 9 heteroatoms. The van der Waals surface area contributed by atoms with E-state index in [-0.39, 0.29) is 19.1 Å². The highest BCUT2D eigenvalue weighted by Crippen LogP contribution is 2.33. The number of aromatic nitrogens is 1. The topological polar surface area (TPSA) is 129 Å². The molecule has 1 aliphatic rings. The molecule has 4 rings (SSSR count). The summed E-state index contributed by atoms with van der Waals surface area (Å²) in [6.07, 6.45) is 4.96. The van der Waals surface area contributed by atoms with E-state index < -0.39 is 11.8 Å². The van der Waals surface area contributed by atoms with Crippen molar-refractivity contribution in [3.8, 4) is 11.3 Å². The first-order valence-electron chi connectivity index (χ1n) is 12.3. The lowest BCUT2D eigenvalue weighted by atomic mass is 10.0. The first-order chi connectivity index (χ1) is 17.9. The summed E-state index contributed by atoms with van der Waals surface area (Å²) in [5.41, 5.74) is 9.19. The maximum atomic E-state index is 13.2. The van der Waals surface area contributed by atoms with Gasteiger partial charge in [-0.15, -0.1) is 0 Å². The standard InChI is InChI=1S/C28H31N5O4/c1-32(14-15-34)28(37)21-7-5-6-20(16-21)27(36)31-24-9-8-22(33-12-3-2-4-13-33)18-23(24)25-17-19(26(29)35)10-11-30-25/h5-11,16-18,34H,2-4,12-15H2,1H3,(H2,29,35)(H,31,36). The van der Waals surface area contributed by atoms with Crippen LogP contribution in [0, 0.1) is 0 Å². The molecule has 2 aromatic carbocycles. The zero-order chi connectivity index (χ0) is 26.4. The molecule has 1 aromatic heterocycles. The fourth-order valence-electron chi connectivity index (χ4n) is 4.39. The van der Waals surface area contributed by atoms with Crippen molar-refractivity contribution in [1.29, 1.82) is 0 Å². The molecule has 0 radical (unpaired) electrons. The van der Waals surface area contributed by atoms with Crippen molar-refractivity contribution in [2.45, 2.75) is 19.3 Å². The van der Waals surface area contributed by atoms with Crippen LogP contribution in [0.4, 0.5) is 11.4 Å². The number of amides is 3. The number of piperidine rings is 1. The van der Waals surface area contributed by atoms with Crippen molar-refractivity contribution < 1.29 is 19.5 Å². The molecule has 1 saturated heterocycles. The molecule has 1 aliphatic heterocycles. The molecule has 2 heterocycles. The number of carbonyl (C=O) groups is 3. The number of rotatable bonds is 8. The molecule has 192 valence electrons. The fraction of sp³-hybridized carbons (Fsp3) is 0.286. The van der Waals surface area contributed by atoms with Crippen LogP contribution in [0.3, 0.4) is 0 Å². The smallest absolute Gasteiger partial charge is 0.255 e. The minimum Gasteiger partial charge on any atom is -0.395 e. The lowest BCUT2D eigenvalue weighted by Crippen LogP contribution is -2.29. The van der Waals surface area contributed by atoms with Crippen molar-refractivity contribution in [2.24, 2.45) is 5.73 Å². The molecule has 0 aliphatic carbocycles. The first-order valence-corrected chi connectivity index (χ1v) is 12.3. The van der Waals surface area contributed by atoms with Crippen LogP contribution in [0.25, 0.3) is 11.3 Å². The third kappa shape index (κ3) is 6.13. The molecule has 0 saturated carbocycles. The molecule has 1 fully saturated rings. The maximum absolute atomic E-state index is 13.2. The third-order valence-electron chi connectivity index (χ3n) is 6.45. The second-order valence-electron chi connectivity index (χ2n) is 9.06. The van der Waals surface area contributed by atoms with Gasteiger partial charge in [-0.05, 0) is 67.8 Å². The summed E-state index contributed by atoms with van der Waals surface area (Å²) < 4.78 is 0. The molecule has 0 spiro atoms. The Bertz CT molecular complexity index is 1300. The second kappa shape index (κ2) is 11.7. The van der Waals surface area contributed by atoms with Crippen LogP contribution in [0.2, 0.25) is 0 Å². The SMILES string of the molecule is CN(CCO)C(=O)c1cccc(C(=O)Nc2ccc(N3CCCCC3)cc2-c2cc(C(N)=O)ccn2)c1. The maximum Gasteiger partial charge on any atom is 0.255 e. The highest BCUT2D eigenvalue weighted by atomic mass is 16.3. The molecule has 0 unspecified atom stereocenters. The van der Waals surface area contributed by atoms with Crippen LogP contribution >= 0.6 is 0 Å². The summed E-state index contributed by atoms with van der Waals surface area (Å²) in [5, 5.41) is 12.1. The Kier molecular flexibility index (Phi) is 8.15. The van der Waals surface area contributed by atoms with Crippen molar-refractivity contribution in [3.05, 3.63) is 77.5 Å². The Morgan fingerprint density at radius 1 is 1.00 bits per heavy atom. The number of carbonyl (C=O) groups excluding carboxylic acids is 3. The third-order valence-corrected chi connectivity index (χ3v) is 6.45. The Morgan fingerprint density at radius 3 is 2.49 bits per heavy atom. The predicted molar refractivity (Wildman–Crippen MR) is 143 cm³/mol. The van der Waals surface area contributed by atoms with Crippen molar-refractivity contribution in [2.75, 3.05) is 43.5 Å². The zero-order valence-electron chi connectivity index (χ0n) is 20.8. The van der Waals surface area contributed by atoms with Crippen molar-refractivity contribution in [1.82, 2.24) is 9.88 Å². The zero-order valence-corrected chi connectivity index (χ0v) is 20.8. The summed E-state index contributed by atoms with van der Waals surface area (Å²) in [6, 6.07) is 15.4. The minimum atomic E-state index is -0.561. The average Bonchev–Trinajstić information content (AvgIpc) is 2.93. The summed E-state index contributed by atoms with van der Waals surface area (Å²) in [7, 11) is 1.59.